The quantitative estimate of drug-likeness (QED) is 0.551. The third-order valence-corrected chi connectivity index (χ3v) is 7.93. The van der Waals surface area contributed by atoms with Crippen LogP contribution in [0.4, 0.5) is 11.5 Å². The van der Waals surface area contributed by atoms with Crippen molar-refractivity contribution in [3.8, 4) is 0 Å². The average molecular weight is 458 g/mol. The number of rotatable bonds is 3. The van der Waals surface area contributed by atoms with Crippen LogP contribution in [0.15, 0.2) is 64.6 Å². The number of para-hydroxylation sites is 1. The van der Waals surface area contributed by atoms with E-state index in [0.29, 0.717) is 23.5 Å². The van der Waals surface area contributed by atoms with Crippen LogP contribution < -0.4 is 15.8 Å². The van der Waals surface area contributed by atoms with Gasteiger partial charge in [0, 0.05) is 0 Å². The first kappa shape index (κ1) is 19.9. The molecule has 2 atom stereocenters. The zero-order valence-corrected chi connectivity index (χ0v) is 17.9. The fourth-order valence-corrected chi connectivity index (χ4v) is 6.23. The van der Waals surface area contributed by atoms with Crippen LogP contribution in [-0.4, -0.2) is 42.1 Å². The molecule has 5 N–H and O–H groups in total. The molecule has 3 aromatic rings. The number of anilines is 1. The number of halogens is 1. The van der Waals surface area contributed by atoms with Gasteiger partial charge < -0.3 is 16.4 Å². The third-order valence-electron chi connectivity index (χ3n) is 5.65. The molecule has 0 saturated heterocycles. The minimum Gasteiger partial charge on any atom is -0.369 e. The highest BCUT2D eigenvalue weighted by Gasteiger charge is 2.40. The number of benzene rings is 2. The van der Waals surface area contributed by atoms with Crippen LogP contribution in [0.5, 0.6) is 0 Å². The number of nitrogens with two attached hydrogens (primary N) is 2. The fourth-order valence-electron chi connectivity index (χ4n) is 4.19. The predicted molar refractivity (Wildman–Crippen MR) is 119 cm³/mol. The van der Waals surface area contributed by atoms with E-state index < -0.39 is 16.2 Å². The number of guanidine groups is 1. The van der Waals surface area contributed by atoms with Crippen molar-refractivity contribution in [2.75, 3.05) is 10.8 Å². The van der Waals surface area contributed by atoms with Gasteiger partial charge in [0.05, 0.1) is 35.1 Å². The van der Waals surface area contributed by atoms with Gasteiger partial charge in [0.1, 0.15) is 11.1 Å². The molecule has 9 nitrogen and oxygen atoms in total. The highest BCUT2D eigenvalue weighted by atomic mass is 35.5. The summed E-state index contributed by atoms with van der Waals surface area (Å²) in [5.41, 5.74) is 14.9. The summed E-state index contributed by atoms with van der Waals surface area (Å²) in [7, 11) is -3.93. The van der Waals surface area contributed by atoms with E-state index in [1.165, 1.54) is 10.4 Å². The molecule has 2 aliphatic heterocycles. The second-order valence-electron chi connectivity index (χ2n) is 7.45. The molecule has 11 heteroatoms. The first-order valence-corrected chi connectivity index (χ1v) is 11.5. The third kappa shape index (κ3) is 3.14. The van der Waals surface area contributed by atoms with Crippen LogP contribution in [0.2, 0.25) is 5.02 Å². The number of nitrogens with one attached hydrogen (secondary N) is 1. The molecule has 0 saturated carbocycles. The molecule has 2 aliphatic rings. The number of sulfonamides is 1. The van der Waals surface area contributed by atoms with E-state index in [-0.39, 0.29) is 28.5 Å². The number of aromatic nitrogens is 2. The number of aliphatic imine (C=N–C) groups is 1. The second kappa shape index (κ2) is 7.26. The van der Waals surface area contributed by atoms with E-state index in [1.807, 2.05) is 18.2 Å². The first-order chi connectivity index (χ1) is 14.9. The van der Waals surface area contributed by atoms with Crippen molar-refractivity contribution in [2.45, 2.75) is 23.5 Å². The summed E-state index contributed by atoms with van der Waals surface area (Å²) in [6.45, 7) is 0.141. The van der Waals surface area contributed by atoms with Gasteiger partial charge in [-0.3, -0.25) is 9.40 Å². The van der Waals surface area contributed by atoms with Crippen molar-refractivity contribution in [1.82, 2.24) is 15.1 Å². The summed E-state index contributed by atoms with van der Waals surface area (Å²) in [5, 5.41) is 6.93. The maximum atomic E-state index is 13.6. The number of nitrogens with zero attached hydrogens (tertiary/aromatic N) is 4. The molecule has 31 heavy (non-hydrogen) atoms. The Morgan fingerprint density at radius 3 is 2.68 bits per heavy atom. The van der Waals surface area contributed by atoms with Crippen molar-refractivity contribution >= 4 is 39.1 Å². The van der Waals surface area contributed by atoms with Crippen molar-refractivity contribution < 1.29 is 8.42 Å². The number of hydrogen-bond acceptors (Lipinski definition) is 7. The number of H-pyrrole nitrogens is 1. The number of aromatic amines is 1. The van der Waals surface area contributed by atoms with Crippen molar-refractivity contribution in [1.29, 1.82) is 0 Å². The maximum Gasteiger partial charge on any atom is 0.265 e. The maximum absolute atomic E-state index is 13.6. The minimum atomic E-state index is -3.93. The standard InChI is InChI=1S/C20H20ClN7O2S/c21-15-6-2-4-8-17(15)31(29,30)27-11-13(9-12-5-1-3-7-16(12)27)28-18(22)14-10-24-26-19(14)25-20(28)23/h1-8,10,13,18H,9,11,22H2,(H3,23,24,25,26). The largest absolute Gasteiger partial charge is 0.369 e. The molecular weight excluding hydrogens is 438 g/mol. The second-order valence-corrected chi connectivity index (χ2v) is 9.69. The Bertz CT molecular complexity index is 1290. The Morgan fingerprint density at radius 1 is 1.13 bits per heavy atom. The van der Waals surface area contributed by atoms with Gasteiger partial charge in [-0.15, -0.1) is 0 Å². The molecule has 0 amide bonds. The monoisotopic (exact) mass is 457 g/mol. The molecular formula is C20H20ClN7O2S. The first-order valence-electron chi connectivity index (χ1n) is 9.64. The van der Waals surface area contributed by atoms with E-state index in [9.17, 15) is 8.42 Å². The number of hydrogen-bond donors (Lipinski definition) is 3. The van der Waals surface area contributed by atoms with Crippen LogP contribution >= 0.6 is 11.6 Å². The van der Waals surface area contributed by atoms with E-state index >= 15 is 0 Å². The zero-order valence-electron chi connectivity index (χ0n) is 16.3. The summed E-state index contributed by atoms with van der Waals surface area (Å²) in [5.74, 6) is 0.724. The Kier molecular flexibility index (Phi) is 4.65. The molecule has 5 rings (SSSR count). The molecule has 2 unspecified atom stereocenters. The van der Waals surface area contributed by atoms with E-state index in [1.54, 1.807) is 35.4 Å². The normalized spacial score (nSPS) is 20.8. The van der Waals surface area contributed by atoms with Gasteiger partial charge in [-0.25, -0.2) is 8.42 Å². The van der Waals surface area contributed by atoms with Gasteiger partial charge in [-0.2, -0.15) is 10.1 Å². The highest BCUT2D eigenvalue weighted by Crippen LogP contribution is 2.38. The summed E-state index contributed by atoms with van der Waals surface area (Å²) in [6.07, 6.45) is 1.56. The molecule has 0 bridgehead atoms. The van der Waals surface area contributed by atoms with Crippen molar-refractivity contribution in [3.05, 3.63) is 70.9 Å². The smallest absolute Gasteiger partial charge is 0.265 e. The lowest BCUT2D eigenvalue weighted by atomic mass is 9.97. The molecule has 0 spiro atoms. The SMILES string of the molecule is NC1=Nc2[nH]ncc2C(N)N1C1Cc2ccccc2N(S(=O)(=O)c2ccccc2Cl)C1. The van der Waals surface area contributed by atoms with Crippen molar-refractivity contribution in [3.63, 3.8) is 0 Å². The van der Waals surface area contributed by atoms with Gasteiger partial charge in [-0.1, -0.05) is 41.9 Å². The van der Waals surface area contributed by atoms with Crippen LogP contribution in [0.3, 0.4) is 0 Å². The summed E-state index contributed by atoms with van der Waals surface area (Å²) >= 11 is 6.24. The highest BCUT2D eigenvalue weighted by molar-refractivity contribution is 7.93. The Balaban J connectivity index is 1.59. The Hall–Kier alpha value is -3.08. The molecule has 0 fully saturated rings. The summed E-state index contributed by atoms with van der Waals surface area (Å²) < 4.78 is 28.6. The molecule has 1 aromatic heterocycles. The molecule has 3 heterocycles. The fraction of sp³-hybridized carbons (Fsp3) is 0.200. The minimum absolute atomic E-state index is 0.0498. The predicted octanol–water partition coefficient (Wildman–Crippen LogP) is 2.10. The van der Waals surface area contributed by atoms with E-state index in [2.05, 4.69) is 15.2 Å². The lowest BCUT2D eigenvalue weighted by Crippen LogP contribution is -2.57. The van der Waals surface area contributed by atoms with Gasteiger partial charge in [0.15, 0.2) is 11.8 Å². The van der Waals surface area contributed by atoms with Gasteiger partial charge >= 0.3 is 0 Å². The van der Waals surface area contributed by atoms with Crippen molar-refractivity contribution in [2.24, 2.45) is 16.5 Å². The molecule has 0 aliphatic carbocycles. The topological polar surface area (TPSA) is 134 Å². The van der Waals surface area contributed by atoms with Crippen LogP contribution in [-0.2, 0) is 16.4 Å². The molecule has 160 valence electrons. The van der Waals surface area contributed by atoms with E-state index in [0.717, 1.165) is 5.56 Å². The summed E-state index contributed by atoms with van der Waals surface area (Å²) in [6, 6.07) is 13.5. The average Bonchev–Trinajstić information content (AvgIpc) is 3.22. The van der Waals surface area contributed by atoms with E-state index in [4.69, 9.17) is 23.1 Å². The van der Waals surface area contributed by atoms with Crippen LogP contribution in [0, 0.1) is 0 Å². The van der Waals surface area contributed by atoms with Crippen LogP contribution in [0.25, 0.3) is 0 Å². The van der Waals surface area contributed by atoms with Gasteiger partial charge in [-0.05, 0) is 30.2 Å². The van der Waals surface area contributed by atoms with Crippen LogP contribution in [0.1, 0.15) is 17.3 Å². The lowest BCUT2D eigenvalue weighted by molar-refractivity contribution is 0.233. The number of fused-ring (bicyclic) bond motifs is 2. The Labute approximate surface area is 184 Å². The molecule has 0 radical (unpaired) electrons. The zero-order chi connectivity index (χ0) is 21.8. The van der Waals surface area contributed by atoms with Gasteiger partial charge in [0.2, 0.25) is 0 Å². The summed E-state index contributed by atoms with van der Waals surface area (Å²) in [4.78, 5) is 6.16. The molecule has 2 aromatic carbocycles. The Morgan fingerprint density at radius 2 is 1.87 bits per heavy atom. The van der Waals surface area contributed by atoms with Gasteiger partial charge in [0.25, 0.3) is 10.0 Å². The lowest BCUT2D eigenvalue weighted by Gasteiger charge is -2.44.